The Balaban J connectivity index is 2.23. The van der Waals surface area contributed by atoms with Gasteiger partial charge in [0.05, 0.1) is 0 Å². The Morgan fingerprint density at radius 3 is 2.88 bits per heavy atom. The number of rotatable bonds is 2. The Bertz CT molecular complexity index is 405. The van der Waals surface area contributed by atoms with Crippen LogP contribution in [0, 0.1) is 0 Å². The maximum atomic E-state index is 12.5. The molecule has 1 saturated heterocycles. The molecule has 1 amide bonds. The molecule has 1 aromatic carbocycles. The van der Waals surface area contributed by atoms with Crippen LogP contribution in [0.25, 0.3) is 0 Å². The number of carbonyl (C=O) groups excluding carboxylic acids is 1. The first-order chi connectivity index (χ1) is 8.24. The molecule has 0 aliphatic carbocycles. The van der Waals surface area contributed by atoms with E-state index in [1.54, 1.807) is 0 Å². The van der Waals surface area contributed by atoms with E-state index in [-0.39, 0.29) is 5.91 Å². The standard InChI is InChI=1S/C14H18BrNO/c1-11-6-4-5-9-16(11)14(17)13-8-3-2-7-12(13)10-15/h2-3,7-8,11H,4-6,9-10H2,1H3. The van der Waals surface area contributed by atoms with Crippen LogP contribution in [-0.2, 0) is 5.33 Å². The highest BCUT2D eigenvalue weighted by Crippen LogP contribution is 2.21. The van der Waals surface area contributed by atoms with Crippen molar-refractivity contribution >= 4 is 21.8 Å². The fraction of sp³-hybridized carbons (Fsp3) is 0.500. The maximum Gasteiger partial charge on any atom is 0.254 e. The van der Waals surface area contributed by atoms with Crippen LogP contribution in [-0.4, -0.2) is 23.4 Å². The Kier molecular flexibility index (Phi) is 4.21. The van der Waals surface area contributed by atoms with Gasteiger partial charge in [-0.25, -0.2) is 0 Å². The molecule has 0 radical (unpaired) electrons. The molecule has 1 fully saturated rings. The molecule has 2 rings (SSSR count). The molecule has 0 bridgehead atoms. The highest BCUT2D eigenvalue weighted by molar-refractivity contribution is 9.08. The van der Waals surface area contributed by atoms with Gasteiger partial charge in [0.25, 0.3) is 5.91 Å². The van der Waals surface area contributed by atoms with Gasteiger partial charge in [0.2, 0.25) is 0 Å². The van der Waals surface area contributed by atoms with Crippen LogP contribution in [0.15, 0.2) is 24.3 Å². The molecule has 3 heteroatoms. The zero-order valence-electron chi connectivity index (χ0n) is 10.2. The van der Waals surface area contributed by atoms with Gasteiger partial charge in [-0.15, -0.1) is 0 Å². The minimum absolute atomic E-state index is 0.187. The van der Waals surface area contributed by atoms with Gasteiger partial charge in [-0.3, -0.25) is 4.79 Å². The minimum atomic E-state index is 0.187. The van der Waals surface area contributed by atoms with Gasteiger partial charge < -0.3 is 4.90 Å². The zero-order valence-corrected chi connectivity index (χ0v) is 11.7. The van der Waals surface area contributed by atoms with Crippen molar-refractivity contribution in [2.24, 2.45) is 0 Å². The number of hydrogen-bond acceptors (Lipinski definition) is 1. The van der Waals surface area contributed by atoms with Gasteiger partial charge in [0.1, 0.15) is 0 Å². The number of hydrogen-bond donors (Lipinski definition) is 0. The lowest BCUT2D eigenvalue weighted by Crippen LogP contribution is -2.42. The summed E-state index contributed by atoms with van der Waals surface area (Å²) in [6.45, 7) is 3.05. The van der Waals surface area contributed by atoms with Crippen LogP contribution in [0.2, 0.25) is 0 Å². The molecule has 1 aliphatic heterocycles. The lowest BCUT2D eigenvalue weighted by atomic mass is 10.0. The van der Waals surface area contributed by atoms with E-state index >= 15 is 0 Å². The normalized spacial score (nSPS) is 20.4. The molecule has 0 aromatic heterocycles. The van der Waals surface area contributed by atoms with Gasteiger partial charge in [-0.05, 0) is 37.8 Å². The zero-order chi connectivity index (χ0) is 12.3. The summed E-state index contributed by atoms with van der Waals surface area (Å²) in [5, 5.41) is 0.733. The van der Waals surface area contributed by atoms with Gasteiger partial charge in [0, 0.05) is 23.5 Å². The summed E-state index contributed by atoms with van der Waals surface area (Å²) in [5.41, 5.74) is 1.92. The molecule has 92 valence electrons. The number of alkyl halides is 1. The second kappa shape index (κ2) is 5.67. The van der Waals surface area contributed by atoms with E-state index in [0.29, 0.717) is 6.04 Å². The number of carbonyl (C=O) groups is 1. The Morgan fingerprint density at radius 2 is 2.18 bits per heavy atom. The number of benzene rings is 1. The minimum Gasteiger partial charge on any atom is -0.336 e. The van der Waals surface area contributed by atoms with E-state index in [4.69, 9.17) is 0 Å². The van der Waals surface area contributed by atoms with Gasteiger partial charge >= 0.3 is 0 Å². The topological polar surface area (TPSA) is 20.3 Å². The van der Waals surface area contributed by atoms with Crippen LogP contribution in [0.5, 0.6) is 0 Å². The van der Waals surface area contributed by atoms with Crippen molar-refractivity contribution in [3.8, 4) is 0 Å². The van der Waals surface area contributed by atoms with E-state index in [9.17, 15) is 4.79 Å². The molecule has 17 heavy (non-hydrogen) atoms. The number of likely N-dealkylation sites (tertiary alicyclic amines) is 1. The molecule has 1 atom stereocenters. The summed E-state index contributed by atoms with van der Waals surface area (Å²) in [7, 11) is 0. The summed E-state index contributed by atoms with van der Waals surface area (Å²) in [5.74, 6) is 0.187. The third-order valence-corrected chi connectivity index (χ3v) is 4.06. The second-order valence-electron chi connectivity index (χ2n) is 4.63. The largest absolute Gasteiger partial charge is 0.336 e. The average Bonchev–Trinajstić information content (AvgIpc) is 2.38. The van der Waals surface area contributed by atoms with Crippen LogP contribution in [0.1, 0.15) is 42.1 Å². The predicted molar refractivity (Wildman–Crippen MR) is 73.4 cm³/mol. The smallest absolute Gasteiger partial charge is 0.254 e. The molecule has 0 saturated carbocycles. The SMILES string of the molecule is CC1CCCCN1C(=O)c1ccccc1CBr. The Labute approximate surface area is 111 Å². The quantitative estimate of drug-likeness (QED) is 0.764. The molecule has 1 unspecified atom stereocenters. The van der Waals surface area contributed by atoms with Crippen molar-refractivity contribution in [1.29, 1.82) is 0 Å². The van der Waals surface area contributed by atoms with Crippen molar-refractivity contribution in [2.45, 2.75) is 37.6 Å². The van der Waals surface area contributed by atoms with Crippen LogP contribution < -0.4 is 0 Å². The maximum absolute atomic E-state index is 12.5. The molecule has 0 spiro atoms. The second-order valence-corrected chi connectivity index (χ2v) is 5.19. The van der Waals surface area contributed by atoms with Crippen LogP contribution in [0.4, 0.5) is 0 Å². The Hall–Kier alpha value is -0.830. The first-order valence-electron chi connectivity index (χ1n) is 6.19. The van der Waals surface area contributed by atoms with E-state index in [1.165, 1.54) is 6.42 Å². The highest BCUT2D eigenvalue weighted by Gasteiger charge is 2.25. The van der Waals surface area contributed by atoms with E-state index in [1.807, 2.05) is 29.2 Å². The third-order valence-electron chi connectivity index (χ3n) is 3.46. The first kappa shape index (κ1) is 12.6. The molecule has 0 N–H and O–H groups in total. The molecule has 1 aliphatic rings. The van der Waals surface area contributed by atoms with Gasteiger partial charge in [-0.2, -0.15) is 0 Å². The molecule has 1 aromatic rings. The van der Waals surface area contributed by atoms with E-state index in [2.05, 4.69) is 22.9 Å². The molecular formula is C14H18BrNO. The summed E-state index contributed by atoms with van der Waals surface area (Å²) in [4.78, 5) is 14.5. The number of piperidine rings is 1. The summed E-state index contributed by atoms with van der Waals surface area (Å²) in [6, 6.07) is 8.23. The fourth-order valence-corrected chi connectivity index (χ4v) is 2.89. The van der Waals surface area contributed by atoms with Crippen molar-refractivity contribution < 1.29 is 4.79 Å². The fourth-order valence-electron chi connectivity index (χ4n) is 2.40. The van der Waals surface area contributed by atoms with Crippen molar-refractivity contribution in [3.05, 3.63) is 35.4 Å². The Morgan fingerprint density at radius 1 is 1.41 bits per heavy atom. The lowest BCUT2D eigenvalue weighted by molar-refractivity contribution is 0.0635. The lowest BCUT2D eigenvalue weighted by Gasteiger charge is -2.33. The monoisotopic (exact) mass is 295 g/mol. The van der Waals surface area contributed by atoms with Gasteiger partial charge in [0.15, 0.2) is 0 Å². The molecular weight excluding hydrogens is 278 g/mol. The number of amides is 1. The molecule has 1 heterocycles. The van der Waals surface area contributed by atoms with E-state index < -0.39 is 0 Å². The molecule has 2 nitrogen and oxygen atoms in total. The first-order valence-corrected chi connectivity index (χ1v) is 7.31. The summed E-state index contributed by atoms with van der Waals surface area (Å²) < 4.78 is 0. The summed E-state index contributed by atoms with van der Waals surface area (Å²) >= 11 is 3.45. The van der Waals surface area contributed by atoms with E-state index in [0.717, 1.165) is 35.8 Å². The van der Waals surface area contributed by atoms with Gasteiger partial charge in [-0.1, -0.05) is 34.1 Å². The number of nitrogens with zero attached hydrogens (tertiary/aromatic N) is 1. The average molecular weight is 296 g/mol. The van der Waals surface area contributed by atoms with Crippen LogP contribution in [0.3, 0.4) is 0 Å². The third kappa shape index (κ3) is 2.71. The highest BCUT2D eigenvalue weighted by atomic mass is 79.9. The predicted octanol–water partition coefficient (Wildman–Crippen LogP) is 3.60. The van der Waals surface area contributed by atoms with Crippen molar-refractivity contribution in [1.82, 2.24) is 4.90 Å². The van der Waals surface area contributed by atoms with Crippen LogP contribution >= 0.6 is 15.9 Å². The van der Waals surface area contributed by atoms with Crippen molar-refractivity contribution in [3.63, 3.8) is 0 Å². The summed E-state index contributed by atoms with van der Waals surface area (Å²) in [6.07, 6.45) is 3.50. The number of halogens is 1. The van der Waals surface area contributed by atoms with Crippen molar-refractivity contribution in [2.75, 3.05) is 6.54 Å².